The third-order valence-electron chi connectivity index (χ3n) is 3.06. The largest absolute Gasteiger partial charge is 0.481 e. The zero-order valence-corrected chi connectivity index (χ0v) is 11.9. The van der Waals surface area contributed by atoms with Crippen molar-refractivity contribution >= 4 is 17.6 Å². The van der Waals surface area contributed by atoms with Gasteiger partial charge >= 0.3 is 5.97 Å². The summed E-state index contributed by atoms with van der Waals surface area (Å²) >= 11 is 5.86. The predicted octanol–water partition coefficient (Wildman–Crippen LogP) is 2.67. The summed E-state index contributed by atoms with van der Waals surface area (Å²) in [5, 5.41) is 21.3. The first-order chi connectivity index (χ1) is 9.49. The third-order valence-corrected chi connectivity index (χ3v) is 3.31. The first-order valence-electron chi connectivity index (χ1n) is 6.24. The van der Waals surface area contributed by atoms with Crippen LogP contribution >= 0.6 is 11.6 Å². The van der Waals surface area contributed by atoms with Gasteiger partial charge in [-0.1, -0.05) is 25.4 Å². The Morgan fingerprint density at radius 3 is 2.55 bits per heavy atom. The minimum absolute atomic E-state index is 0.0245. The van der Waals surface area contributed by atoms with Crippen LogP contribution < -0.4 is 0 Å². The van der Waals surface area contributed by atoms with Crippen LogP contribution in [0.15, 0.2) is 24.3 Å². The van der Waals surface area contributed by atoms with E-state index in [1.165, 1.54) is 0 Å². The van der Waals surface area contributed by atoms with Crippen LogP contribution in [0, 0.1) is 5.92 Å². The van der Waals surface area contributed by atoms with Gasteiger partial charge in [0.05, 0.1) is 12.5 Å². The highest BCUT2D eigenvalue weighted by Gasteiger charge is 2.24. The summed E-state index contributed by atoms with van der Waals surface area (Å²) in [5.41, 5.74) is 0.801. The SMILES string of the molecule is CC(C)C(CC(=O)O)n1nnnc1-c1ccc(Cl)cc1. The molecule has 106 valence electrons. The summed E-state index contributed by atoms with van der Waals surface area (Å²) in [6.45, 7) is 3.89. The van der Waals surface area contributed by atoms with Crippen LogP contribution in [-0.2, 0) is 4.79 Å². The molecule has 7 heteroatoms. The van der Waals surface area contributed by atoms with E-state index in [0.717, 1.165) is 5.56 Å². The van der Waals surface area contributed by atoms with Crippen molar-refractivity contribution in [2.45, 2.75) is 26.3 Å². The van der Waals surface area contributed by atoms with E-state index in [-0.39, 0.29) is 18.4 Å². The summed E-state index contributed by atoms with van der Waals surface area (Å²) in [6.07, 6.45) is -0.0245. The van der Waals surface area contributed by atoms with Crippen LogP contribution in [0.2, 0.25) is 5.02 Å². The molecule has 0 spiro atoms. The molecule has 1 aromatic carbocycles. The van der Waals surface area contributed by atoms with Crippen LogP contribution in [0.3, 0.4) is 0 Å². The van der Waals surface area contributed by atoms with Crippen LogP contribution in [0.4, 0.5) is 0 Å². The van der Waals surface area contributed by atoms with Crippen molar-refractivity contribution in [1.82, 2.24) is 20.2 Å². The van der Waals surface area contributed by atoms with Gasteiger partial charge in [-0.25, -0.2) is 4.68 Å². The Labute approximate surface area is 121 Å². The van der Waals surface area contributed by atoms with Gasteiger partial charge in [-0.05, 0) is 40.6 Å². The average Bonchev–Trinajstić information content (AvgIpc) is 2.85. The van der Waals surface area contributed by atoms with E-state index >= 15 is 0 Å². The Bertz CT molecular complexity index is 595. The quantitative estimate of drug-likeness (QED) is 0.917. The molecule has 1 unspecified atom stereocenters. The van der Waals surface area contributed by atoms with Gasteiger partial charge in [0.1, 0.15) is 0 Å². The summed E-state index contributed by atoms with van der Waals surface area (Å²) in [5.74, 6) is -0.233. The second-order valence-corrected chi connectivity index (χ2v) is 5.30. The number of carboxylic acid groups (broad SMARTS) is 1. The van der Waals surface area contributed by atoms with E-state index < -0.39 is 5.97 Å². The van der Waals surface area contributed by atoms with Crippen molar-refractivity contribution in [3.05, 3.63) is 29.3 Å². The van der Waals surface area contributed by atoms with Crippen LogP contribution in [0.25, 0.3) is 11.4 Å². The molecule has 0 fully saturated rings. The number of aliphatic carboxylic acids is 1. The van der Waals surface area contributed by atoms with E-state index in [1.54, 1.807) is 16.8 Å². The van der Waals surface area contributed by atoms with Crippen LogP contribution in [-0.4, -0.2) is 31.3 Å². The Morgan fingerprint density at radius 2 is 2.00 bits per heavy atom. The third kappa shape index (κ3) is 3.14. The first-order valence-corrected chi connectivity index (χ1v) is 6.62. The highest BCUT2D eigenvalue weighted by atomic mass is 35.5. The lowest BCUT2D eigenvalue weighted by Crippen LogP contribution is -2.21. The Balaban J connectivity index is 2.40. The molecule has 0 aliphatic heterocycles. The van der Waals surface area contributed by atoms with Crippen molar-refractivity contribution in [2.24, 2.45) is 5.92 Å². The molecular formula is C13H15ClN4O2. The number of carbonyl (C=O) groups is 1. The van der Waals surface area contributed by atoms with Crippen molar-refractivity contribution in [3.63, 3.8) is 0 Å². The van der Waals surface area contributed by atoms with Crippen molar-refractivity contribution in [3.8, 4) is 11.4 Å². The first kappa shape index (κ1) is 14.5. The number of aromatic nitrogens is 4. The highest BCUT2D eigenvalue weighted by molar-refractivity contribution is 6.30. The Morgan fingerprint density at radius 1 is 1.35 bits per heavy atom. The smallest absolute Gasteiger partial charge is 0.305 e. The molecule has 0 aliphatic carbocycles. The minimum Gasteiger partial charge on any atom is -0.481 e. The zero-order valence-electron chi connectivity index (χ0n) is 11.2. The number of tetrazole rings is 1. The van der Waals surface area contributed by atoms with Crippen molar-refractivity contribution < 1.29 is 9.90 Å². The number of benzene rings is 1. The molecule has 1 aromatic heterocycles. The maximum atomic E-state index is 11.0. The second kappa shape index (κ2) is 6.00. The van der Waals surface area contributed by atoms with Gasteiger partial charge in [0.15, 0.2) is 5.82 Å². The molecule has 1 atom stereocenters. The molecule has 0 saturated carbocycles. The molecule has 1 N–H and O–H groups in total. The van der Waals surface area contributed by atoms with Crippen molar-refractivity contribution in [1.29, 1.82) is 0 Å². The van der Waals surface area contributed by atoms with E-state index in [4.69, 9.17) is 16.7 Å². The molecule has 0 radical (unpaired) electrons. The van der Waals surface area contributed by atoms with E-state index in [9.17, 15) is 4.79 Å². The molecule has 2 aromatic rings. The van der Waals surface area contributed by atoms with Crippen LogP contribution in [0.1, 0.15) is 26.3 Å². The van der Waals surface area contributed by atoms with Gasteiger partial charge in [0.2, 0.25) is 0 Å². The predicted molar refractivity (Wildman–Crippen MR) is 74.4 cm³/mol. The monoisotopic (exact) mass is 294 g/mol. The molecule has 1 heterocycles. The van der Waals surface area contributed by atoms with Gasteiger partial charge in [0.25, 0.3) is 0 Å². The molecule has 6 nitrogen and oxygen atoms in total. The summed E-state index contributed by atoms with van der Waals surface area (Å²) in [4.78, 5) is 11.0. The number of carboxylic acids is 1. The molecule has 0 aliphatic rings. The lowest BCUT2D eigenvalue weighted by Gasteiger charge is -2.20. The zero-order chi connectivity index (χ0) is 14.7. The van der Waals surface area contributed by atoms with E-state index in [0.29, 0.717) is 10.8 Å². The van der Waals surface area contributed by atoms with E-state index in [1.807, 2.05) is 26.0 Å². The summed E-state index contributed by atoms with van der Waals surface area (Å²) in [6, 6.07) is 6.81. The lowest BCUT2D eigenvalue weighted by atomic mass is 10.0. The fourth-order valence-electron chi connectivity index (χ4n) is 1.99. The minimum atomic E-state index is -0.874. The fraction of sp³-hybridized carbons (Fsp3) is 0.385. The normalized spacial score (nSPS) is 12.6. The van der Waals surface area contributed by atoms with Gasteiger partial charge in [-0.3, -0.25) is 4.79 Å². The second-order valence-electron chi connectivity index (χ2n) is 4.86. The van der Waals surface area contributed by atoms with Gasteiger partial charge in [0, 0.05) is 10.6 Å². The van der Waals surface area contributed by atoms with Gasteiger partial charge in [-0.2, -0.15) is 0 Å². The topological polar surface area (TPSA) is 80.9 Å². The number of halogens is 1. The van der Waals surface area contributed by atoms with Gasteiger partial charge in [-0.15, -0.1) is 5.10 Å². The summed E-state index contributed by atoms with van der Waals surface area (Å²) < 4.78 is 1.57. The molecule has 0 amide bonds. The number of hydrogen-bond donors (Lipinski definition) is 1. The fourth-order valence-corrected chi connectivity index (χ4v) is 2.12. The number of hydrogen-bond acceptors (Lipinski definition) is 4. The molecule has 0 saturated heterocycles. The van der Waals surface area contributed by atoms with Gasteiger partial charge < -0.3 is 5.11 Å². The number of nitrogens with zero attached hydrogens (tertiary/aromatic N) is 4. The lowest BCUT2D eigenvalue weighted by molar-refractivity contribution is -0.138. The van der Waals surface area contributed by atoms with E-state index in [2.05, 4.69) is 15.5 Å². The highest BCUT2D eigenvalue weighted by Crippen LogP contribution is 2.26. The average molecular weight is 295 g/mol. The Kier molecular flexibility index (Phi) is 4.34. The summed E-state index contributed by atoms with van der Waals surface area (Å²) in [7, 11) is 0. The number of rotatable bonds is 5. The Hall–Kier alpha value is -1.95. The van der Waals surface area contributed by atoms with Crippen molar-refractivity contribution in [2.75, 3.05) is 0 Å². The maximum absolute atomic E-state index is 11.0. The van der Waals surface area contributed by atoms with Crippen LogP contribution in [0.5, 0.6) is 0 Å². The molecule has 2 rings (SSSR count). The molecule has 0 bridgehead atoms. The molecular weight excluding hydrogens is 280 g/mol. The maximum Gasteiger partial charge on any atom is 0.305 e. The molecule has 20 heavy (non-hydrogen) atoms. The standard InChI is InChI=1S/C13H15ClN4O2/c1-8(2)11(7-12(19)20)18-13(15-16-17-18)9-3-5-10(14)6-4-9/h3-6,8,11H,7H2,1-2H3,(H,19,20).